The molecule has 1 aromatic heterocycles. The molecule has 56 heavy (non-hydrogen) atoms. The highest BCUT2D eigenvalue weighted by atomic mass is 16.3. The standard InChI is InChI=1S/C54H37NO/c1-5-16-38(17-6-1)39-28-31-44(32-29-39)55(45-33-34-49-48-24-13-14-27-52(48)56-53(49)37-45)51-35-30-43(36-50(51)41-20-9-3-10-21-41)47-26-15-25-46(40-18-7-2-8-19-40)54(47)42-22-11-4-12-23-42/h1-37H. The Morgan fingerprint density at radius 3 is 1.46 bits per heavy atom. The van der Waals surface area contributed by atoms with Crippen molar-refractivity contribution in [3.05, 3.63) is 224 Å². The van der Waals surface area contributed by atoms with E-state index < -0.39 is 0 Å². The highest BCUT2D eigenvalue weighted by Crippen LogP contribution is 2.46. The number of hydrogen-bond donors (Lipinski definition) is 0. The number of furan rings is 1. The Balaban J connectivity index is 1.20. The van der Waals surface area contributed by atoms with E-state index in [0.717, 1.165) is 55.7 Å². The zero-order chi connectivity index (χ0) is 37.3. The maximum atomic E-state index is 6.46. The zero-order valence-corrected chi connectivity index (χ0v) is 30.7. The summed E-state index contributed by atoms with van der Waals surface area (Å²) in [5, 5.41) is 2.23. The van der Waals surface area contributed by atoms with Crippen molar-refractivity contribution in [3.63, 3.8) is 0 Å². The van der Waals surface area contributed by atoms with Gasteiger partial charge in [-0.25, -0.2) is 0 Å². The molecule has 0 aliphatic rings. The van der Waals surface area contributed by atoms with Gasteiger partial charge in [0.25, 0.3) is 0 Å². The maximum absolute atomic E-state index is 6.46. The second-order valence-corrected chi connectivity index (χ2v) is 14.1. The Morgan fingerprint density at radius 1 is 0.286 bits per heavy atom. The summed E-state index contributed by atoms with van der Waals surface area (Å²) in [6.07, 6.45) is 0. The van der Waals surface area contributed by atoms with Gasteiger partial charge < -0.3 is 9.32 Å². The zero-order valence-electron chi connectivity index (χ0n) is 30.7. The van der Waals surface area contributed by atoms with Gasteiger partial charge >= 0.3 is 0 Å². The summed E-state index contributed by atoms with van der Waals surface area (Å²) in [7, 11) is 0. The highest BCUT2D eigenvalue weighted by molar-refractivity contribution is 6.06. The van der Waals surface area contributed by atoms with Crippen molar-refractivity contribution in [1.29, 1.82) is 0 Å². The molecule has 0 saturated heterocycles. The van der Waals surface area contributed by atoms with E-state index in [1.54, 1.807) is 0 Å². The molecular formula is C54H37NO. The van der Waals surface area contributed by atoms with Crippen LogP contribution in [-0.4, -0.2) is 0 Å². The third-order valence-corrected chi connectivity index (χ3v) is 10.7. The smallest absolute Gasteiger partial charge is 0.137 e. The van der Waals surface area contributed by atoms with Crippen LogP contribution in [0.1, 0.15) is 0 Å². The molecule has 0 fully saturated rings. The lowest BCUT2D eigenvalue weighted by Crippen LogP contribution is -2.11. The number of benzene rings is 9. The Kier molecular flexibility index (Phi) is 8.55. The quantitative estimate of drug-likeness (QED) is 0.156. The van der Waals surface area contributed by atoms with Crippen LogP contribution < -0.4 is 4.90 Å². The molecule has 0 atom stereocenters. The van der Waals surface area contributed by atoms with Crippen LogP contribution in [0.2, 0.25) is 0 Å². The fraction of sp³-hybridized carbons (Fsp3) is 0. The van der Waals surface area contributed by atoms with E-state index >= 15 is 0 Å². The van der Waals surface area contributed by atoms with Gasteiger partial charge in [0.1, 0.15) is 11.2 Å². The Bertz CT molecular complexity index is 2930. The van der Waals surface area contributed by atoms with Gasteiger partial charge in [-0.2, -0.15) is 0 Å². The summed E-state index contributed by atoms with van der Waals surface area (Å²) in [5.41, 5.74) is 16.7. The predicted octanol–water partition coefficient (Wildman–Crippen LogP) is 15.4. The van der Waals surface area contributed by atoms with Crippen molar-refractivity contribution in [3.8, 4) is 55.6 Å². The van der Waals surface area contributed by atoms with Gasteiger partial charge in [0.2, 0.25) is 0 Å². The van der Waals surface area contributed by atoms with Crippen LogP contribution in [0, 0.1) is 0 Å². The van der Waals surface area contributed by atoms with Crippen LogP contribution in [0.25, 0.3) is 77.6 Å². The Labute approximate surface area is 327 Å². The second-order valence-electron chi connectivity index (χ2n) is 14.1. The maximum Gasteiger partial charge on any atom is 0.137 e. The number of nitrogens with zero attached hydrogens (tertiary/aromatic N) is 1. The van der Waals surface area contributed by atoms with Crippen LogP contribution in [-0.2, 0) is 0 Å². The molecule has 9 aromatic carbocycles. The van der Waals surface area contributed by atoms with Gasteiger partial charge in [0.15, 0.2) is 0 Å². The summed E-state index contributed by atoms with van der Waals surface area (Å²) < 4.78 is 6.46. The molecule has 2 nitrogen and oxygen atoms in total. The largest absolute Gasteiger partial charge is 0.456 e. The van der Waals surface area contributed by atoms with Gasteiger partial charge in [-0.15, -0.1) is 0 Å². The fourth-order valence-electron chi connectivity index (χ4n) is 8.03. The number of para-hydroxylation sites is 1. The minimum absolute atomic E-state index is 0.859. The van der Waals surface area contributed by atoms with Crippen LogP contribution in [0.5, 0.6) is 0 Å². The molecule has 0 radical (unpaired) electrons. The second kappa shape index (κ2) is 14.4. The van der Waals surface area contributed by atoms with Gasteiger partial charge in [0, 0.05) is 33.8 Å². The van der Waals surface area contributed by atoms with E-state index in [0.29, 0.717) is 0 Å². The van der Waals surface area contributed by atoms with Crippen LogP contribution in [0.4, 0.5) is 17.1 Å². The van der Waals surface area contributed by atoms with Gasteiger partial charge in [0.05, 0.1) is 5.69 Å². The Morgan fingerprint density at radius 2 is 0.786 bits per heavy atom. The van der Waals surface area contributed by atoms with Gasteiger partial charge in [-0.3, -0.25) is 0 Å². The number of hydrogen-bond acceptors (Lipinski definition) is 2. The van der Waals surface area contributed by atoms with E-state index in [-0.39, 0.29) is 0 Å². The summed E-state index contributed by atoms with van der Waals surface area (Å²) in [5.74, 6) is 0. The molecule has 0 bridgehead atoms. The molecule has 0 aliphatic heterocycles. The van der Waals surface area contributed by atoms with Crippen LogP contribution in [0.15, 0.2) is 229 Å². The first kappa shape index (κ1) is 33.2. The topological polar surface area (TPSA) is 16.4 Å². The van der Waals surface area contributed by atoms with Crippen LogP contribution in [0.3, 0.4) is 0 Å². The van der Waals surface area contributed by atoms with Crippen molar-refractivity contribution >= 4 is 39.0 Å². The van der Waals surface area contributed by atoms with Crippen molar-refractivity contribution in [2.75, 3.05) is 4.90 Å². The first-order valence-electron chi connectivity index (χ1n) is 19.1. The molecule has 0 N–H and O–H groups in total. The molecule has 2 heteroatoms. The minimum Gasteiger partial charge on any atom is -0.456 e. The SMILES string of the molecule is c1ccc(-c2ccc(N(c3ccc4c(c3)oc3ccccc34)c3ccc(-c4cccc(-c5ccccc5)c4-c4ccccc4)cc3-c3ccccc3)cc2)cc1. The molecule has 0 spiro atoms. The predicted molar refractivity (Wildman–Crippen MR) is 236 cm³/mol. The minimum atomic E-state index is 0.859. The fourth-order valence-corrected chi connectivity index (χ4v) is 8.03. The van der Waals surface area contributed by atoms with E-state index in [4.69, 9.17) is 4.42 Å². The van der Waals surface area contributed by atoms with E-state index in [9.17, 15) is 0 Å². The lowest BCUT2D eigenvalue weighted by Gasteiger charge is -2.29. The summed E-state index contributed by atoms with van der Waals surface area (Å²) in [6.45, 7) is 0. The third-order valence-electron chi connectivity index (χ3n) is 10.7. The third kappa shape index (κ3) is 6.14. The number of fused-ring (bicyclic) bond motifs is 3. The van der Waals surface area contributed by atoms with E-state index in [1.165, 1.54) is 38.9 Å². The molecule has 264 valence electrons. The molecular weight excluding hydrogens is 679 g/mol. The molecule has 0 unspecified atom stereocenters. The number of rotatable bonds is 8. The summed E-state index contributed by atoms with van der Waals surface area (Å²) in [4.78, 5) is 2.37. The molecule has 0 amide bonds. The van der Waals surface area contributed by atoms with E-state index in [2.05, 4.69) is 217 Å². The normalized spacial score (nSPS) is 11.2. The van der Waals surface area contributed by atoms with Gasteiger partial charge in [-0.1, -0.05) is 176 Å². The van der Waals surface area contributed by atoms with Crippen molar-refractivity contribution in [2.24, 2.45) is 0 Å². The van der Waals surface area contributed by atoms with Crippen molar-refractivity contribution in [1.82, 2.24) is 0 Å². The van der Waals surface area contributed by atoms with Crippen molar-refractivity contribution in [2.45, 2.75) is 0 Å². The molecule has 10 aromatic rings. The molecule has 1 heterocycles. The average molecular weight is 716 g/mol. The van der Waals surface area contributed by atoms with E-state index in [1.807, 2.05) is 12.1 Å². The highest BCUT2D eigenvalue weighted by Gasteiger charge is 2.21. The first-order valence-corrected chi connectivity index (χ1v) is 19.1. The molecule has 0 saturated carbocycles. The summed E-state index contributed by atoms with van der Waals surface area (Å²) >= 11 is 0. The Hall–Kier alpha value is -7.42. The van der Waals surface area contributed by atoms with Gasteiger partial charge in [-0.05, 0) is 92.5 Å². The first-order chi connectivity index (χ1) is 27.8. The molecule has 10 rings (SSSR count). The lowest BCUT2D eigenvalue weighted by atomic mass is 9.86. The monoisotopic (exact) mass is 715 g/mol. The summed E-state index contributed by atoms with van der Waals surface area (Å²) in [6, 6.07) is 80.1. The van der Waals surface area contributed by atoms with Crippen molar-refractivity contribution < 1.29 is 4.42 Å². The average Bonchev–Trinajstić information content (AvgIpc) is 3.66. The lowest BCUT2D eigenvalue weighted by molar-refractivity contribution is 0.669. The number of anilines is 3. The molecule has 0 aliphatic carbocycles. The van der Waals surface area contributed by atoms with Crippen LogP contribution >= 0.6 is 0 Å².